The van der Waals surface area contributed by atoms with Gasteiger partial charge in [0, 0.05) is 17.1 Å². The Bertz CT molecular complexity index is 995. The highest BCUT2D eigenvalue weighted by Crippen LogP contribution is 2.21. The van der Waals surface area contributed by atoms with Crippen LogP contribution in [0.25, 0.3) is 10.9 Å². The number of aryl methyl sites for hydroxylation is 3. The number of nitrogens with zero attached hydrogens (tertiary/aromatic N) is 1. The Labute approximate surface area is 139 Å². The van der Waals surface area contributed by atoms with Crippen molar-refractivity contribution >= 4 is 16.9 Å². The molecule has 0 spiro atoms. The average molecular weight is 325 g/mol. The van der Waals surface area contributed by atoms with Gasteiger partial charge in [-0.1, -0.05) is 6.07 Å². The third-order valence-electron chi connectivity index (χ3n) is 4.11. The van der Waals surface area contributed by atoms with Crippen LogP contribution < -0.4 is 5.43 Å². The minimum absolute atomic E-state index is 0.0141. The van der Waals surface area contributed by atoms with Crippen LogP contribution in [-0.4, -0.2) is 17.6 Å². The van der Waals surface area contributed by atoms with Crippen molar-refractivity contribution in [1.29, 1.82) is 0 Å². The molecule has 5 nitrogen and oxygen atoms in total. The summed E-state index contributed by atoms with van der Waals surface area (Å²) in [6, 6.07) is 8.94. The van der Waals surface area contributed by atoms with Crippen molar-refractivity contribution < 1.29 is 13.9 Å². The third kappa shape index (κ3) is 2.73. The number of esters is 1. The van der Waals surface area contributed by atoms with Gasteiger partial charge in [0.05, 0.1) is 19.2 Å². The summed E-state index contributed by atoms with van der Waals surface area (Å²) in [5, 5.41) is 0.692. The first-order chi connectivity index (χ1) is 11.4. The zero-order valence-corrected chi connectivity index (χ0v) is 14.2. The summed E-state index contributed by atoms with van der Waals surface area (Å²) in [5.41, 5.74) is 3.83. The van der Waals surface area contributed by atoms with E-state index in [0.29, 0.717) is 17.7 Å². The number of hydrogen-bond acceptors (Lipinski definition) is 4. The molecule has 0 unspecified atom stereocenters. The molecule has 0 aliphatic carbocycles. The fourth-order valence-corrected chi connectivity index (χ4v) is 3.06. The summed E-state index contributed by atoms with van der Waals surface area (Å²) in [6.45, 7) is 6.30. The number of carbonyl (C=O) groups excluding carboxylic acids is 1. The van der Waals surface area contributed by atoms with Crippen LogP contribution in [0.5, 0.6) is 0 Å². The number of ether oxygens (including phenoxy) is 1. The van der Waals surface area contributed by atoms with Gasteiger partial charge in [0.2, 0.25) is 5.76 Å². The number of fused-ring (bicyclic) bond motifs is 1. The molecule has 0 N–H and O–H groups in total. The number of aromatic nitrogens is 1. The topological polar surface area (TPSA) is 61.4 Å². The van der Waals surface area contributed by atoms with Crippen molar-refractivity contribution in [3.05, 3.63) is 68.9 Å². The maximum absolute atomic E-state index is 12.3. The van der Waals surface area contributed by atoms with Crippen LogP contribution in [0.4, 0.5) is 0 Å². The number of rotatable bonds is 3. The van der Waals surface area contributed by atoms with Crippen LogP contribution >= 0.6 is 0 Å². The number of pyridine rings is 1. The first-order valence-electron chi connectivity index (χ1n) is 7.69. The highest BCUT2D eigenvalue weighted by atomic mass is 16.5. The van der Waals surface area contributed by atoms with Crippen molar-refractivity contribution in [2.75, 3.05) is 7.11 Å². The molecule has 0 atom stereocenters. The molecule has 3 aromatic rings. The normalized spacial score (nSPS) is 11.0. The lowest BCUT2D eigenvalue weighted by atomic mass is 10.1. The van der Waals surface area contributed by atoms with Crippen LogP contribution in [-0.2, 0) is 11.3 Å². The van der Waals surface area contributed by atoms with E-state index >= 15 is 0 Å². The summed E-state index contributed by atoms with van der Waals surface area (Å²) in [6.07, 6.45) is 0. The molecule has 5 heteroatoms. The molecule has 2 aromatic heterocycles. The molecule has 0 aliphatic heterocycles. The third-order valence-corrected chi connectivity index (χ3v) is 4.11. The number of carbonyl (C=O) groups is 1. The van der Waals surface area contributed by atoms with E-state index < -0.39 is 5.97 Å². The van der Waals surface area contributed by atoms with E-state index in [1.54, 1.807) is 18.2 Å². The minimum atomic E-state index is -0.505. The van der Waals surface area contributed by atoms with Gasteiger partial charge < -0.3 is 13.7 Å². The molecule has 0 bridgehead atoms. The molecule has 1 aromatic carbocycles. The average Bonchev–Trinajstić information content (AvgIpc) is 2.99. The fraction of sp³-hybridized carbons (Fsp3) is 0.263. The van der Waals surface area contributed by atoms with Gasteiger partial charge in [-0.05, 0) is 50.1 Å². The monoisotopic (exact) mass is 325 g/mol. The Kier molecular flexibility index (Phi) is 4.01. The van der Waals surface area contributed by atoms with E-state index in [1.165, 1.54) is 7.11 Å². The molecule has 0 fully saturated rings. The van der Waals surface area contributed by atoms with Crippen LogP contribution in [0.3, 0.4) is 0 Å². The molecule has 2 heterocycles. The van der Waals surface area contributed by atoms with E-state index in [2.05, 4.69) is 10.8 Å². The largest absolute Gasteiger partial charge is 0.463 e. The lowest BCUT2D eigenvalue weighted by Crippen LogP contribution is -2.14. The number of benzene rings is 1. The predicted molar refractivity (Wildman–Crippen MR) is 91.6 cm³/mol. The quantitative estimate of drug-likeness (QED) is 0.693. The second-order valence-electron chi connectivity index (χ2n) is 5.97. The zero-order valence-electron chi connectivity index (χ0n) is 14.2. The second-order valence-corrected chi connectivity index (χ2v) is 5.97. The maximum atomic E-state index is 12.3. The lowest BCUT2D eigenvalue weighted by molar-refractivity contribution is 0.0563. The number of methoxy groups -OCH3 is 1. The van der Waals surface area contributed by atoms with Crippen molar-refractivity contribution in [1.82, 2.24) is 4.57 Å². The highest BCUT2D eigenvalue weighted by molar-refractivity contribution is 5.86. The summed E-state index contributed by atoms with van der Waals surface area (Å²) in [4.78, 5) is 23.9. The minimum Gasteiger partial charge on any atom is -0.463 e. The van der Waals surface area contributed by atoms with Gasteiger partial charge in [0.1, 0.15) is 5.76 Å². The van der Waals surface area contributed by atoms with E-state index in [0.717, 1.165) is 22.3 Å². The smallest absolute Gasteiger partial charge is 0.373 e. The van der Waals surface area contributed by atoms with Crippen molar-refractivity contribution in [3.63, 3.8) is 0 Å². The molecular formula is C19H19NO4. The first-order valence-corrected chi connectivity index (χ1v) is 7.69. The van der Waals surface area contributed by atoms with E-state index in [-0.39, 0.29) is 11.2 Å². The zero-order chi connectivity index (χ0) is 17.4. The number of furan rings is 1. The Hall–Kier alpha value is -2.82. The van der Waals surface area contributed by atoms with Gasteiger partial charge in [-0.15, -0.1) is 0 Å². The molecule has 0 saturated carbocycles. The Morgan fingerprint density at radius 2 is 1.92 bits per heavy atom. The molecule has 0 saturated heterocycles. The lowest BCUT2D eigenvalue weighted by Gasteiger charge is -2.16. The van der Waals surface area contributed by atoms with Crippen LogP contribution in [0, 0.1) is 20.8 Å². The van der Waals surface area contributed by atoms with Gasteiger partial charge in [-0.3, -0.25) is 4.79 Å². The predicted octanol–water partition coefficient (Wildman–Crippen LogP) is 3.35. The van der Waals surface area contributed by atoms with Crippen LogP contribution in [0.2, 0.25) is 0 Å². The van der Waals surface area contributed by atoms with Gasteiger partial charge in [0.25, 0.3) is 0 Å². The molecule has 0 amide bonds. The van der Waals surface area contributed by atoms with Gasteiger partial charge in [-0.25, -0.2) is 4.79 Å². The van der Waals surface area contributed by atoms with Crippen molar-refractivity contribution in [2.24, 2.45) is 0 Å². The maximum Gasteiger partial charge on any atom is 0.373 e. The SMILES string of the molecule is COC(=O)c1ccc(Cn2c(C)cc(=O)c3cc(C)cc(C)c32)o1. The molecule has 3 rings (SSSR count). The van der Waals surface area contributed by atoms with Gasteiger partial charge in [-0.2, -0.15) is 0 Å². The fourth-order valence-electron chi connectivity index (χ4n) is 3.06. The molecular weight excluding hydrogens is 306 g/mol. The van der Waals surface area contributed by atoms with E-state index in [9.17, 15) is 9.59 Å². The number of hydrogen-bond donors (Lipinski definition) is 0. The standard InChI is InChI=1S/C19H19NO4/c1-11-7-12(2)18-15(8-11)16(21)9-13(3)20(18)10-14-5-6-17(24-14)19(22)23-4/h5-9H,10H2,1-4H3. The summed E-state index contributed by atoms with van der Waals surface area (Å²) in [7, 11) is 1.32. The van der Waals surface area contributed by atoms with Gasteiger partial charge >= 0.3 is 5.97 Å². The van der Waals surface area contributed by atoms with Crippen molar-refractivity contribution in [2.45, 2.75) is 27.3 Å². The summed E-state index contributed by atoms with van der Waals surface area (Å²) in [5.74, 6) is 0.293. The van der Waals surface area contributed by atoms with E-state index in [4.69, 9.17) is 4.42 Å². The Balaban J connectivity index is 2.14. The summed E-state index contributed by atoms with van der Waals surface area (Å²) < 4.78 is 12.3. The van der Waals surface area contributed by atoms with Crippen molar-refractivity contribution in [3.8, 4) is 0 Å². The highest BCUT2D eigenvalue weighted by Gasteiger charge is 2.14. The molecule has 24 heavy (non-hydrogen) atoms. The first kappa shape index (κ1) is 16.1. The second kappa shape index (κ2) is 6.00. The molecule has 0 radical (unpaired) electrons. The van der Waals surface area contributed by atoms with Crippen LogP contribution in [0.15, 0.2) is 39.5 Å². The molecule has 0 aliphatic rings. The van der Waals surface area contributed by atoms with Gasteiger partial charge in [0.15, 0.2) is 5.43 Å². The van der Waals surface area contributed by atoms with Crippen LogP contribution in [0.1, 0.15) is 33.1 Å². The Morgan fingerprint density at radius 3 is 2.62 bits per heavy atom. The van der Waals surface area contributed by atoms with E-state index in [1.807, 2.05) is 31.4 Å². The molecule has 124 valence electrons. The summed E-state index contributed by atoms with van der Waals surface area (Å²) >= 11 is 0. The Morgan fingerprint density at radius 1 is 1.17 bits per heavy atom.